The first-order valence-electron chi connectivity index (χ1n) is 5.22. The zero-order valence-electron chi connectivity index (χ0n) is 9.42. The Morgan fingerprint density at radius 2 is 1.71 bits per heavy atom. The van der Waals surface area contributed by atoms with Crippen LogP contribution in [0.3, 0.4) is 0 Å². The second-order valence-corrected chi connectivity index (χ2v) is 4.36. The van der Waals surface area contributed by atoms with Crippen LogP contribution in [0.4, 0.5) is 0 Å². The van der Waals surface area contributed by atoms with Gasteiger partial charge in [-0.15, -0.1) is 11.3 Å². The molecular formula is C13H18S. The van der Waals surface area contributed by atoms with E-state index in [-0.39, 0.29) is 0 Å². The van der Waals surface area contributed by atoms with Crippen molar-refractivity contribution >= 4 is 23.5 Å². The molecule has 0 amide bonds. The maximum absolute atomic E-state index is 2.24. The SMILES string of the molecule is CC.Cc1sc2c(c1C)C=CCC=C2. The minimum Gasteiger partial charge on any atom is -0.140 e. The molecule has 0 saturated heterocycles. The van der Waals surface area contributed by atoms with Gasteiger partial charge in [0.15, 0.2) is 0 Å². The second kappa shape index (κ2) is 5.16. The average Bonchev–Trinajstić information content (AvgIpc) is 2.44. The summed E-state index contributed by atoms with van der Waals surface area (Å²) in [5.74, 6) is 0. The van der Waals surface area contributed by atoms with Crippen LogP contribution in [0.15, 0.2) is 12.2 Å². The summed E-state index contributed by atoms with van der Waals surface area (Å²) < 4.78 is 0. The molecule has 0 spiro atoms. The third-order valence-corrected chi connectivity index (χ3v) is 3.47. The first-order chi connectivity index (χ1) is 6.79. The minimum absolute atomic E-state index is 1.07. The number of aryl methyl sites for hydroxylation is 1. The summed E-state index contributed by atoms with van der Waals surface area (Å²) in [6.07, 6.45) is 9.99. The molecule has 0 N–H and O–H groups in total. The van der Waals surface area contributed by atoms with Crippen molar-refractivity contribution in [1.82, 2.24) is 0 Å². The fourth-order valence-electron chi connectivity index (χ4n) is 1.44. The number of hydrogen-bond donors (Lipinski definition) is 0. The van der Waals surface area contributed by atoms with Crippen LogP contribution < -0.4 is 0 Å². The molecule has 0 nitrogen and oxygen atoms in total. The normalized spacial score (nSPS) is 12.9. The van der Waals surface area contributed by atoms with Crippen LogP contribution in [0.25, 0.3) is 12.2 Å². The largest absolute Gasteiger partial charge is 0.140 e. The van der Waals surface area contributed by atoms with Crippen molar-refractivity contribution in [2.45, 2.75) is 34.1 Å². The van der Waals surface area contributed by atoms with Gasteiger partial charge in [0.25, 0.3) is 0 Å². The molecule has 0 aliphatic heterocycles. The highest BCUT2D eigenvalue weighted by Crippen LogP contribution is 2.31. The molecule has 0 saturated carbocycles. The van der Waals surface area contributed by atoms with Crippen molar-refractivity contribution in [3.05, 3.63) is 33.0 Å². The summed E-state index contributed by atoms with van der Waals surface area (Å²) >= 11 is 1.89. The summed E-state index contributed by atoms with van der Waals surface area (Å²) in [5, 5.41) is 0. The van der Waals surface area contributed by atoms with Crippen molar-refractivity contribution in [3.8, 4) is 0 Å². The van der Waals surface area contributed by atoms with Crippen molar-refractivity contribution < 1.29 is 0 Å². The van der Waals surface area contributed by atoms with Crippen molar-refractivity contribution in [2.75, 3.05) is 0 Å². The van der Waals surface area contributed by atoms with Gasteiger partial charge in [-0.3, -0.25) is 0 Å². The molecule has 0 radical (unpaired) electrons. The number of fused-ring (bicyclic) bond motifs is 1. The monoisotopic (exact) mass is 206 g/mol. The maximum Gasteiger partial charge on any atom is 0.0345 e. The van der Waals surface area contributed by atoms with Crippen LogP contribution in [0, 0.1) is 13.8 Å². The van der Waals surface area contributed by atoms with E-state index >= 15 is 0 Å². The third kappa shape index (κ3) is 2.16. The van der Waals surface area contributed by atoms with E-state index in [9.17, 15) is 0 Å². The molecule has 0 fully saturated rings. The molecule has 1 aromatic heterocycles. The number of thiophene rings is 1. The van der Waals surface area contributed by atoms with Gasteiger partial charge in [-0.2, -0.15) is 0 Å². The lowest BCUT2D eigenvalue weighted by Gasteiger charge is -1.92. The Kier molecular flexibility index (Phi) is 4.15. The second-order valence-electron chi connectivity index (χ2n) is 3.10. The van der Waals surface area contributed by atoms with Crippen LogP contribution >= 0.6 is 11.3 Å². The van der Waals surface area contributed by atoms with E-state index in [2.05, 4.69) is 38.2 Å². The van der Waals surface area contributed by atoms with Crippen molar-refractivity contribution in [2.24, 2.45) is 0 Å². The van der Waals surface area contributed by atoms with Gasteiger partial charge in [-0.1, -0.05) is 32.1 Å². The van der Waals surface area contributed by atoms with Crippen LogP contribution in [0.5, 0.6) is 0 Å². The Hall–Kier alpha value is -0.820. The third-order valence-electron chi connectivity index (χ3n) is 2.29. The molecular weight excluding hydrogens is 188 g/mol. The predicted molar refractivity (Wildman–Crippen MR) is 67.8 cm³/mol. The number of rotatable bonds is 0. The molecule has 0 unspecified atom stereocenters. The lowest BCUT2D eigenvalue weighted by Crippen LogP contribution is -1.75. The summed E-state index contributed by atoms with van der Waals surface area (Å²) in [6, 6.07) is 0. The zero-order chi connectivity index (χ0) is 10.6. The lowest BCUT2D eigenvalue weighted by atomic mass is 10.1. The zero-order valence-corrected chi connectivity index (χ0v) is 10.2. The molecule has 0 bridgehead atoms. The van der Waals surface area contributed by atoms with E-state index in [1.54, 1.807) is 0 Å². The summed E-state index contributed by atoms with van der Waals surface area (Å²) in [4.78, 5) is 2.86. The minimum atomic E-state index is 1.07. The van der Waals surface area contributed by atoms with E-state index in [0.29, 0.717) is 0 Å². The fraction of sp³-hybridized carbons (Fsp3) is 0.385. The summed E-state index contributed by atoms with van der Waals surface area (Å²) in [5.41, 5.74) is 2.86. The van der Waals surface area contributed by atoms with E-state index in [0.717, 1.165) is 6.42 Å². The fourth-order valence-corrected chi connectivity index (χ4v) is 2.53. The predicted octanol–water partition coefficient (Wildman–Crippen LogP) is 4.82. The molecule has 1 heteroatoms. The van der Waals surface area contributed by atoms with Crippen LogP contribution in [-0.2, 0) is 0 Å². The first kappa shape index (κ1) is 11.3. The number of hydrogen-bond acceptors (Lipinski definition) is 1. The lowest BCUT2D eigenvalue weighted by molar-refractivity contribution is 1.41. The van der Waals surface area contributed by atoms with Crippen LogP contribution in [0.2, 0.25) is 0 Å². The standard InChI is InChI=1S/C11H12S.C2H6/c1-8-9(2)12-11-7-5-3-4-6-10(8)11;1-2/h4-7H,3H2,1-2H3;1-2H3. The molecule has 0 aromatic carbocycles. The highest BCUT2D eigenvalue weighted by atomic mass is 32.1. The van der Waals surface area contributed by atoms with E-state index < -0.39 is 0 Å². The first-order valence-corrected chi connectivity index (χ1v) is 6.04. The molecule has 1 heterocycles. The Balaban J connectivity index is 0.000000461. The highest BCUT2D eigenvalue weighted by Gasteiger charge is 2.08. The highest BCUT2D eigenvalue weighted by molar-refractivity contribution is 7.13. The van der Waals surface area contributed by atoms with Gasteiger partial charge >= 0.3 is 0 Å². The van der Waals surface area contributed by atoms with E-state index in [4.69, 9.17) is 0 Å². The van der Waals surface area contributed by atoms with Crippen molar-refractivity contribution in [3.63, 3.8) is 0 Å². The van der Waals surface area contributed by atoms with Gasteiger partial charge in [0.05, 0.1) is 0 Å². The van der Waals surface area contributed by atoms with E-state index in [1.165, 1.54) is 20.9 Å². The Morgan fingerprint density at radius 1 is 1.07 bits per heavy atom. The Bertz CT molecular complexity index is 354. The molecule has 76 valence electrons. The molecule has 14 heavy (non-hydrogen) atoms. The van der Waals surface area contributed by atoms with Gasteiger partial charge in [-0.25, -0.2) is 0 Å². The summed E-state index contributed by atoms with van der Waals surface area (Å²) in [7, 11) is 0. The van der Waals surface area contributed by atoms with Gasteiger partial charge in [0.1, 0.15) is 0 Å². The molecule has 1 aromatic rings. The smallest absolute Gasteiger partial charge is 0.0345 e. The van der Waals surface area contributed by atoms with E-state index in [1.807, 2.05) is 25.2 Å². The van der Waals surface area contributed by atoms with Crippen LogP contribution in [0.1, 0.15) is 41.1 Å². The molecule has 1 aliphatic carbocycles. The van der Waals surface area contributed by atoms with Crippen molar-refractivity contribution in [1.29, 1.82) is 0 Å². The van der Waals surface area contributed by atoms with Gasteiger partial charge in [-0.05, 0) is 37.5 Å². The molecule has 0 atom stereocenters. The Morgan fingerprint density at radius 3 is 2.43 bits per heavy atom. The van der Waals surface area contributed by atoms with Gasteiger partial charge < -0.3 is 0 Å². The maximum atomic E-state index is 2.24. The Labute approximate surface area is 91.0 Å². The topological polar surface area (TPSA) is 0 Å². The average molecular weight is 206 g/mol. The summed E-state index contributed by atoms with van der Waals surface area (Å²) in [6.45, 7) is 8.39. The molecule has 1 aliphatic rings. The quantitative estimate of drug-likeness (QED) is 0.571. The molecule has 2 rings (SSSR count). The van der Waals surface area contributed by atoms with Gasteiger partial charge in [0.2, 0.25) is 0 Å². The number of allylic oxidation sites excluding steroid dienone is 2. The van der Waals surface area contributed by atoms with Gasteiger partial charge in [0, 0.05) is 9.75 Å². The van der Waals surface area contributed by atoms with Crippen LogP contribution in [-0.4, -0.2) is 0 Å².